The van der Waals surface area contributed by atoms with Crippen molar-refractivity contribution < 1.29 is 14.6 Å². The first-order chi connectivity index (χ1) is 14.0. The van der Waals surface area contributed by atoms with Crippen LogP contribution >= 0.6 is 11.6 Å². The van der Waals surface area contributed by atoms with Crippen LogP contribution < -0.4 is 5.32 Å². The number of aromatic amines is 1. The number of aliphatic hydroxyl groups is 1. The van der Waals surface area contributed by atoms with E-state index in [0.717, 1.165) is 30.3 Å². The molecule has 160 valence electrons. The fraction of sp³-hybridized carbons (Fsp3) is 0.609. The van der Waals surface area contributed by atoms with Crippen molar-refractivity contribution in [2.24, 2.45) is 5.92 Å². The second kappa shape index (κ2) is 10.5. The van der Waals surface area contributed by atoms with Gasteiger partial charge in [-0.3, -0.25) is 4.79 Å². The van der Waals surface area contributed by atoms with Gasteiger partial charge in [0.1, 0.15) is 5.60 Å². The average Bonchev–Trinajstić information content (AvgIpc) is 2.96. The minimum atomic E-state index is -0.450. The van der Waals surface area contributed by atoms with Crippen LogP contribution in [0.3, 0.4) is 0 Å². The fourth-order valence-corrected chi connectivity index (χ4v) is 4.44. The van der Waals surface area contributed by atoms with Crippen LogP contribution in [-0.2, 0) is 4.74 Å². The van der Waals surface area contributed by atoms with Gasteiger partial charge in [-0.25, -0.2) is 0 Å². The highest BCUT2D eigenvalue weighted by atomic mass is 35.5. The molecule has 2 fully saturated rings. The molecular formula is C23H33ClN2O3. The maximum Gasteiger partial charge on any atom is 0.253 e. The molecule has 1 aliphatic carbocycles. The standard InChI is InChI=1S/C17H21ClN2O.C6H12O2/c18-14-8-5-9-15-16(14)13(11-19-15)17(21)20-10-12-6-3-1-2-4-7-12;1-2-3-6(7)4-8-5-6/h5,8-9,11-12,19H,1-4,6-7,10H2,(H,20,21);7H,2-5H2,1H3. The van der Waals surface area contributed by atoms with E-state index in [1.165, 1.54) is 38.5 Å². The monoisotopic (exact) mass is 420 g/mol. The van der Waals surface area contributed by atoms with Crippen molar-refractivity contribution in [3.8, 4) is 0 Å². The Morgan fingerprint density at radius 1 is 1.28 bits per heavy atom. The van der Waals surface area contributed by atoms with E-state index in [2.05, 4.69) is 17.2 Å². The first-order valence-electron chi connectivity index (χ1n) is 10.9. The third kappa shape index (κ3) is 5.97. The second-order valence-corrected chi connectivity index (χ2v) is 8.81. The third-order valence-electron chi connectivity index (χ3n) is 5.88. The van der Waals surface area contributed by atoms with Crippen molar-refractivity contribution in [2.45, 2.75) is 63.9 Å². The normalized spacial score (nSPS) is 19.0. The van der Waals surface area contributed by atoms with Gasteiger partial charge in [0.25, 0.3) is 5.91 Å². The van der Waals surface area contributed by atoms with Gasteiger partial charge in [-0.05, 0) is 37.3 Å². The van der Waals surface area contributed by atoms with Crippen molar-refractivity contribution in [2.75, 3.05) is 19.8 Å². The predicted octanol–water partition coefficient (Wildman–Crippen LogP) is 5.07. The zero-order valence-corrected chi connectivity index (χ0v) is 18.1. The van der Waals surface area contributed by atoms with Gasteiger partial charge in [-0.2, -0.15) is 0 Å². The first kappa shape index (κ1) is 22.1. The van der Waals surface area contributed by atoms with Crippen molar-refractivity contribution >= 4 is 28.4 Å². The molecule has 1 aromatic carbocycles. The van der Waals surface area contributed by atoms with E-state index >= 15 is 0 Å². The molecule has 1 aliphatic heterocycles. The lowest BCUT2D eigenvalue weighted by atomic mass is 9.97. The number of amides is 1. The first-order valence-corrected chi connectivity index (χ1v) is 11.2. The van der Waals surface area contributed by atoms with Gasteiger partial charge in [-0.15, -0.1) is 0 Å². The molecule has 2 heterocycles. The highest BCUT2D eigenvalue weighted by Gasteiger charge is 2.34. The Hall–Kier alpha value is -1.56. The Kier molecular flexibility index (Phi) is 7.99. The largest absolute Gasteiger partial charge is 0.385 e. The number of halogens is 1. The summed E-state index contributed by atoms with van der Waals surface area (Å²) in [5.41, 5.74) is 1.10. The number of H-pyrrole nitrogens is 1. The number of ether oxygens (including phenoxy) is 1. The summed E-state index contributed by atoms with van der Waals surface area (Å²) in [6, 6.07) is 5.64. The molecule has 4 rings (SSSR count). The SMILES string of the molecule is CCCC1(O)COC1.O=C(NCC1CCCCCC1)c1c[nH]c2cccc(Cl)c12. The fourth-order valence-electron chi connectivity index (χ4n) is 4.17. The van der Waals surface area contributed by atoms with E-state index in [9.17, 15) is 9.90 Å². The molecule has 2 aromatic rings. The summed E-state index contributed by atoms with van der Waals surface area (Å²) in [7, 11) is 0. The van der Waals surface area contributed by atoms with E-state index in [-0.39, 0.29) is 5.91 Å². The number of carbonyl (C=O) groups is 1. The van der Waals surface area contributed by atoms with Crippen LogP contribution in [0.15, 0.2) is 24.4 Å². The zero-order chi connectivity index (χ0) is 20.7. The summed E-state index contributed by atoms with van der Waals surface area (Å²) in [4.78, 5) is 15.5. The molecule has 6 heteroatoms. The lowest BCUT2D eigenvalue weighted by Crippen LogP contribution is -2.49. The Labute approximate surface area is 178 Å². The Morgan fingerprint density at radius 2 is 2.00 bits per heavy atom. The number of aromatic nitrogens is 1. The van der Waals surface area contributed by atoms with Gasteiger partial charge < -0.3 is 20.1 Å². The van der Waals surface area contributed by atoms with Crippen LogP contribution in [0.1, 0.15) is 68.6 Å². The topological polar surface area (TPSA) is 74.3 Å². The Balaban J connectivity index is 0.000000252. The van der Waals surface area contributed by atoms with Gasteiger partial charge in [0.2, 0.25) is 0 Å². The number of hydrogen-bond donors (Lipinski definition) is 3. The van der Waals surface area contributed by atoms with Crippen LogP contribution in [-0.4, -0.2) is 41.4 Å². The zero-order valence-electron chi connectivity index (χ0n) is 17.3. The van der Waals surface area contributed by atoms with Gasteiger partial charge in [0.15, 0.2) is 0 Å². The Bertz CT molecular complexity index is 793. The summed E-state index contributed by atoms with van der Waals surface area (Å²) in [6.07, 6.45) is 11.4. The molecule has 1 aromatic heterocycles. The molecule has 0 spiro atoms. The van der Waals surface area contributed by atoms with Crippen LogP contribution in [0.2, 0.25) is 5.02 Å². The van der Waals surface area contributed by atoms with Crippen LogP contribution in [0, 0.1) is 5.92 Å². The number of benzene rings is 1. The smallest absolute Gasteiger partial charge is 0.253 e. The molecule has 29 heavy (non-hydrogen) atoms. The van der Waals surface area contributed by atoms with Crippen LogP contribution in [0.25, 0.3) is 10.9 Å². The number of hydrogen-bond acceptors (Lipinski definition) is 3. The molecular weight excluding hydrogens is 388 g/mol. The highest BCUT2D eigenvalue weighted by molar-refractivity contribution is 6.36. The molecule has 2 aliphatic rings. The van der Waals surface area contributed by atoms with E-state index in [1.807, 2.05) is 18.2 Å². The maximum absolute atomic E-state index is 12.4. The molecule has 0 bridgehead atoms. The summed E-state index contributed by atoms with van der Waals surface area (Å²) < 4.78 is 4.84. The molecule has 1 saturated carbocycles. The third-order valence-corrected chi connectivity index (χ3v) is 6.20. The van der Waals surface area contributed by atoms with Crippen molar-refractivity contribution in [3.63, 3.8) is 0 Å². The van der Waals surface area contributed by atoms with E-state index in [4.69, 9.17) is 16.3 Å². The maximum atomic E-state index is 12.4. The highest BCUT2D eigenvalue weighted by Crippen LogP contribution is 2.27. The minimum absolute atomic E-state index is 0.0291. The number of fused-ring (bicyclic) bond motifs is 1. The van der Waals surface area contributed by atoms with Crippen LogP contribution in [0.4, 0.5) is 0 Å². The molecule has 5 nitrogen and oxygen atoms in total. The van der Waals surface area contributed by atoms with Crippen molar-refractivity contribution in [1.29, 1.82) is 0 Å². The van der Waals surface area contributed by atoms with Gasteiger partial charge in [0, 0.05) is 23.6 Å². The molecule has 1 amide bonds. The summed E-state index contributed by atoms with van der Waals surface area (Å²) in [6.45, 7) is 3.92. The van der Waals surface area contributed by atoms with Crippen LogP contribution in [0.5, 0.6) is 0 Å². The van der Waals surface area contributed by atoms with E-state index in [0.29, 0.717) is 29.7 Å². The van der Waals surface area contributed by atoms with Gasteiger partial charge in [-0.1, -0.05) is 56.7 Å². The van der Waals surface area contributed by atoms with E-state index < -0.39 is 5.60 Å². The molecule has 3 N–H and O–H groups in total. The Morgan fingerprint density at radius 3 is 2.59 bits per heavy atom. The summed E-state index contributed by atoms with van der Waals surface area (Å²) in [5, 5.41) is 13.8. The summed E-state index contributed by atoms with van der Waals surface area (Å²) in [5.74, 6) is 0.593. The lowest BCUT2D eigenvalue weighted by molar-refractivity contribution is -0.181. The van der Waals surface area contributed by atoms with Gasteiger partial charge in [0.05, 0.1) is 23.8 Å². The molecule has 0 radical (unpaired) electrons. The van der Waals surface area contributed by atoms with E-state index in [1.54, 1.807) is 6.20 Å². The second-order valence-electron chi connectivity index (χ2n) is 8.40. The molecule has 1 saturated heterocycles. The van der Waals surface area contributed by atoms with Crippen molar-refractivity contribution in [3.05, 3.63) is 35.0 Å². The number of nitrogens with one attached hydrogen (secondary N) is 2. The average molecular weight is 421 g/mol. The summed E-state index contributed by atoms with van der Waals surface area (Å²) >= 11 is 6.22. The van der Waals surface area contributed by atoms with Gasteiger partial charge >= 0.3 is 0 Å². The predicted molar refractivity (Wildman–Crippen MR) is 118 cm³/mol. The molecule has 0 unspecified atom stereocenters. The van der Waals surface area contributed by atoms with Crippen molar-refractivity contribution in [1.82, 2.24) is 10.3 Å². The minimum Gasteiger partial charge on any atom is -0.385 e. The number of rotatable bonds is 5. The molecule has 0 atom stereocenters. The quantitative estimate of drug-likeness (QED) is 0.591. The number of carbonyl (C=O) groups excluding carboxylic acids is 1. The lowest BCUT2D eigenvalue weighted by Gasteiger charge is -2.35.